The Hall–Kier alpha value is -2.94. The number of rotatable bonds is 1. The topological polar surface area (TPSA) is 49.6 Å². The molecule has 0 radical (unpaired) electrons. The van der Waals surface area contributed by atoms with Crippen LogP contribution < -0.4 is 0 Å². The van der Waals surface area contributed by atoms with Crippen LogP contribution in [0.15, 0.2) is 60.7 Å². The van der Waals surface area contributed by atoms with Crippen molar-refractivity contribution >= 4 is 53.4 Å². The lowest BCUT2D eigenvalue weighted by Crippen LogP contribution is -1.83. The van der Waals surface area contributed by atoms with E-state index in [9.17, 15) is 0 Å². The van der Waals surface area contributed by atoms with Gasteiger partial charge < -0.3 is 0 Å². The Morgan fingerprint density at radius 2 is 1.40 bits per heavy atom. The molecule has 5 aromatic rings. The lowest BCUT2D eigenvalue weighted by Gasteiger charge is -2.06. The third kappa shape index (κ3) is 2.43. The zero-order valence-corrected chi connectivity index (χ0v) is 14.6. The second-order valence-corrected chi connectivity index (χ2v) is 7.50. The molecule has 0 fully saturated rings. The van der Waals surface area contributed by atoms with Crippen molar-refractivity contribution in [2.24, 2.45) is 0 Å². The third-order valence-corrected chi connectivity index (χ3v) is 5.63. The van der Waals surface area contributed by atoms with Gasteiger partial charge in [-0.05, 0) is 74.8 Å². The first kappa shape index (κ1) is 14.4. The molecule has 4 aromatic carbocycles. The van der Waals surface area contributed by atoms with E-state index in [4.69, 9.17) is 5.26 Å². The van der Waals surface area contributed by atoms with Crippen molar-refractivity contribution in [2.75, 3.05) is 0 Å². The Morgan fingerprint density at radius 1 is 0.760 bits per heavy atom. The maximum absolute atomic E-state index is 9.10. The first-order valence-electron chi connectivity index (χ1n) is 7.74. The molecule has 0 bridgehead atoms. The van der Waals surface area contributed by atoms with Crippen LogP contribution in [0.4, 0.5) is 0 Å². The summed E-state index contributed by atoms with van der Waals surface area (Å²) in [5, 5.41) is 16.1. The van der Waals surface area contributed by atoms with Gasteiger partial charge in [-0.25, -0.2) is 0 Å². The van der Waals surface area contributed by atoms with Crippen LogP contribution >= 0.6 is 21.1 Å². The second-order valence-electron chi connectivity index (χ2n) is 5.94. The number of benzene rings is 4. The third-order valence-electron chi connectivity index (χ3n) is 4.42. The molecule has 0 aliphatic heterocycles. The summed E-state index contributed by atoms with van der Waals surface area (Å²) >= 11 is 0. The molecule has 0 saturated carbocycles. The highest BCUT2D eigenvalue weighted by atomic mass is 32.9. The van der Waals surface area contributed by atoms with Crippen LogP contribution in [0.3, 0.4) is 0 Å². The van der Waals surface area contributed by atoms with Crippen LogP contribution in [0.1, 0.15) is 5.56 Å². The van der Waals surface area contributed by atoms with Crippen LogP contribution in [0.25, 0.3) is 43.7 Å². The summed E-state index contributed by atoms with van der Waals surface area (Å²) in [7, 11) is 2.81. The van der Waals surface area contributed by atoms with Gasteiger partial charge in [-0.3, -0.25) is 0 Å². The highest BCUT2D eigenvalue weighted by Crippen LogP contribution is 2.30. The zero-order chi connectivity index (χ0) is 16.8. The largest absolute Gasteiger partial charge is 0.462 e. The molecule has 3 nitrogen and oxygen atoms in total. The summed E-state index contributed by atoms with van der Waals surface area (Å²) in [5.74, 6) is 0.791. The summed E-state index contributed by atoms with van der Waals surface area (Å²) in [6.45, 7) is 0. The Labute approximate surface area is 151 Å². The van der Waals surface area contributed by atoms with E-state index in [-0.39, 0.29) is 0 Å². The quantitative estimate of drug-likeness (QED) is 0.214. The van der Waals surface area contributed by atoms with E-state index in [0.717, 1.165) is 22.2 Å². The Bertz CT molecular complexity index is 1300. The van der Waals surface area contributed by atoms with Crippen LogP contribution in [-0.4, -0.2) is 8.75 Å². The average Bonchev–Trinajstić information content (AvgIpc) is 3.18. The van der Waals surface area contributed by atoms with Gasteiger partial charge in [0.25, 0.3) is 0 Å². The first-order valence-corrected chi connectivity index (χ1v) is 9.80. The highest BCUT2D eigenvalue weighted by molar-refractivity contribution is 7.64. The molecule has 0 aliphatic rings. The maximum atomic E-state index is 9.10. The number of fused-ring (bicyclic) bond motifs is 3. The molecule has 0 N–H and O–H groups in total. The van der Waals surface area contributed by atoms with Crippen molar-refractivity contribution in [3.8, 4) is 17.5 Å². The van der Waals surface area contributed by atoms with Crippen molar-refractivity contribution in [1.29, 1.82) is 5.26 Å². The van der Waals surface area contributed by atoms with Crippen molar-refractivity contribution < 1.29 is 0 Å². The molecule has 0 atom stereocenters. The Kier molecular flexibility index (Phi) is 3.20. The van der Waals surface area contributed by atoms with Gasteiger partial charge in [-0.1, -0.05) is 18.2 Å². The van der Waals surface area contributed by atoms with Crippen LogP contribution in [0.2, 0.25) is 0 Å². The molecule has 5 heteroatoms. The van der Waals surface area contributed by atoms with Gasteiger partial charge in [-0.15, -0.1) is 4.37 Å². The highest BCUT2D eigenvalue weighted by Gasteiger charge is 2.10. The number of aromatic nitrogens is 2. The predicted octanol–water partition coefficient (Wildman–Crippen LogP) is 5.88. The lowest BCUT2D eigenvalue weighted by atomic mass is 9.98. The molecule has 0 spiro atoms. The molecule has 0 amide bonds. The van der Waals surface area contributed by atoms with Gasteiger partial charge in [-0.2, -0.15) is 5.26 Å². The van der Waals surface area contributed by atoms with Gasteiger partial charge in [0.05, 0.1) is 16.0 Å². The first-order chi connectivity index (χ1) is 12.3. The molecule has 1 aromatic heterocycles. The van der Waals surface area contributed by atoms with E-state index >= 15 is 0 Å². The summed E-state index contributed by atoms with van der Waals surface area (Å²) in [5.41, 5.74) is 1.73. The van der Waals surface area contributed by atoms with Crippen molar-refractivity contribution in [3.05, 3.63) is 66.2 Å². The molecule has 0 unspecified atom stereocenters. The summed E-state index contributed by atoms with van der Waals surface area (Å²) in [4.78, 5) is 0. The molecule has 0 aliphatic carbocycles. The minimum atomic E-state index is 0.689. The maximum Gasteiger partial charge on any atom is 0.462 e. The minimum absolute atomic E-state index is 0.689. The summed E-state index contributed by atoms with van der Waals surface area (Å²) in [6.07, 6.45) is 0. The number of nitriles is 1. The molecule has 1 heterocycles. The SMILES string of the molecule is N#Cc1ccc2cc3cc4cc(-c5ns[s+]n5)ccc4cc3cc2c1. The van der Waals surface area contributed by atoms with E-state index < -0.39 is 0 Å². The van der Waals surface area contributed by atoms with Crippen molar-refractivity contribution in [3.63, 3.8) is 0 Å². The molecule has 0 saturated heterocycles. The summed E-state index contributed by atoms with van der Waals surface area (Å²) in [6, 6.07) is 23.1. The van der Waals surface area contributed by atoms with Gasteiger partial charge in [0.15, 0.2) is 0 Å². The average molecular weight is 356 g/mol. The minimum Gasteiger partial charge on any atom is -0.192 e. The van der Waals surface area contributed by atoms with Crippen LogP contribution in [0.5, 0.6) is 0 Å². The van der Waals surface area contributed by atoms with Crippen LogP contribution in [0, 0.1) is 11.3 Å². The van der Waals surface area contributed by atoms with Crippen molar-refractivity contribution in [2.45, 2.75) is 0 Å². The van der Waals surface area contributed by atoms with Crippen LogP contribution in [-0.2, 0) is 0 Å². The molecule has 25 heavy (non-hydrogen) atoms. The number of hydrogen-bond acceptors (Lipinski definition) is 4. The van der Waals surface area contributed by atoms with E-state index in [2.05, 4.69) is 57.3 Å². The van der Waals surface area contributed by atoms with Gasteiger partial charge in [0.1, 0.15) is 0 Å². The molecule has 5 rings (SSSR count). The Morgan fingerprint density at radius 3 is 2.08 bits per heavy atom. The predicted molar refractivity (Wildman–Crippen MR) is 105 cm³/mol. The number of nitrogens with zero attached hydrogens (tertiary/aromatic N) is 3. The van der Waals surface area contributed by atoms with Gasteiger partial charge >= 0.3 is 21.1 Å². The lowest BCUT2D eigenvalue weighted by molar-refractivity contribution is 1.39. The standard InChI is InChI=1S/C20H10N3S2/c21-11-12-1-2-13-6-19-10-17-8-15(20-22-24-25-23-20)4-3-14(17)7-18(19)9-16(13)5-12/h1-10H/q+1. The Balaban J connectivity index is 1.76. The second kappa shape index (κ2) is 5.55. The molecular weight excluding hydrogens is 346 g/mol. The van der Waals surface area contributed by atoms with E-state index in [0.29, 0.717) is 5.56 Å². The number of hydrogen-bond donors (Lipinski definition) is 0. The molecule has 116 valence electrons. The summed E-state index contributed by atoms with van der Waals surface area (Å²) < 4.78 is 8.67. The normalized spacial score (nSPS) is 11.2. The fourth-order valence-corrected chi connectivity index (χ4v) is 4.36. The molecular formula is C20H10N3S2+. The van der Waals surface area contributed by atoms with E-state index in [1.165, 1.54) is 42.6 Å². The monoisotopic (exact) mass is 356 g/mol. The zero-order valence-electron chi connectivity index (χ0n) is 12.9. The van der Waals surface area contributed by atoms with E-state index in [1.54, 1.807) is 0 Å². The fourth-order valence-electron chi connectivity index (χ4n) is 3.18. The fraction of sp³-hybridized carbons (Fsp3) is 0. The van der Waals surface area contributed by atoms with Gasteiger partial charge in [0.2, 0.25) is 5.82 Å². The smallest absolute Gasteiger partial charge is 0.192 e. The van der Waals surface area contributed by atoms with E-state index in [1.807, 2.05) is 18.2 Å². The van der Waals surface area contributed by atoms with Crippen molar-refractivity contribution in [1.82, 2.24) is 8.75 Å². The van der Waals surface area contributed by atoms with Gasteiger partial charge in [0, 0.05) is 5.56 Å².